The largest absolute Gasteiger partial charge is 0.361 e. The maximum Gasteiger partial charge on any atom is 0.240 e. The molecule has 1 N–H and O–H groups in total. The van der Waals surface area contributed by atoms with Gasteiger partial charge < -0.3 is 4.52 Å². The maximum absolute atomic E-state index is 12.3. The lowest BCUT2D eigenvalue weighted by Gasteiger charge is -2.07. The fourth-order valence-corrected chi connectivity index (χ4v) is 2.93. The van der Waals surface area contributed by atoms with Gasteiger partial charge >= 0.3 is 0 Å². The molecule has 1 aromatic carbocycles. The number of aromatic nitrogens is 1. The first-order valence-electron chi connectivity index (χ1n) is 6.33. The average Bonchev–Trinajstić information content (AvgIpc) is 2.76. The summed E-state index contributed by atoms with van der Waals surface area (Å²) >= 11 is 0. The van der Waals surface area contributed by atoms with Crippen LogP contribution in [0, 0.1) is 13.8 Å². The van der Waals surface area contributed by atoms with E-state index in [1.165, 1.54) is 19.1 Å². The van der Waals surface area contributed by atoms with Crippen molar-refractivity contribution in [3.63, 3.8) is 0 Å². The molecule has 7 heteroatoms. The third kappa shape index (κ3) is 3.37. The third-order valence-corrected chi connectivity index (χ3v) is 4.57. The van der Waals surface area contributed by atoms with Gasteiger partial charge in [-0.25, -0.2) is 13.1 Å². The Hall–Kier alpha value is -1.99. The number of nitrogens with one attached hydrogen (secondary N) is 1. The predicted octanol–water partition coefficient (Wildman–Crippen LogP) is 1.97. The number of carbonyl (C=O) groups is 1. The van der Waals surface area contributed by atoms with Crippen LogP contribution in [0.25, 0.3) is 0 Å². The molecule has 0 radical (unpaired) electrons. The normalized spacial score (nSPS) is 11.6. The summed E-state index contributed by atoms with van der Waals surface area (Å²) in [5, 5.41) is 3.77. The lowest BCUT2D eigenvalue weighted by atomic mass is 10.2. The zero-order valence-corrected chi connectivity index (χ0v) is 12.8. The van der Waals surface area contributed by atoms with E-state index in [-0.39, 0.29) is 17.2 Å². The molecule has 1 heterocycles. The van der Waals surface area contributed by atoms with E-state index in [0.717, 1.165) is 0 Å². The van der Waals surface area contributed by atoms with Crippen LogP contribution in [0.3, 0.4) is 0 Å². The van der Waals surface area contributed by atoms with Gasteiger partial charge in [0.2, 0.25) is 10.0 Å². The Morgan fingerprint density at radius 3 is 2.62 bits per heavy atom. The second-order valence-electron chi connectivity index (χ2n) is 4.71. The summed E-state index contributed by atoms with van der Waals surface area (Å²) in [6.45, 7) is 4.95. The molecule has 2 aromatic rings. The van der Waals surface area contributed by atoms with Gasteiger partial charge in [0.05, 0.1) is 10.6 Å². The Morgan fingerprint density at radius 1 is 1.33 bits per heavy atom. The van der Waals surface area contributed by atoms with Crippen molar-refractivity contribution in [2.75, 3.05) is 0 Å². The molecule has 2 rings (SSSR count). The Bertz CT molecular complexity index is 759. The van der Waals surface area contributed by atoms with Gasteiger partial charge in [-0.05, 0) is 32.9 Å². The van der Waals surface area contributed by atoms with Crippen molar-refractivity contribution in [2.45, 2.75) is 32.2 Å². The van der Waals surface area contributed by atoms with E-state index in [1.54, 1.807) is 26.0 Å². The van der Waals surface area contributed by atoms with Crippen molar-refractivity contribution >= 4 is 15.8 Å². The van der Waals surface area contributed by atoms with Crippen LogP contribution in [0.1, 0.15) is 34.3 Å². The molecule has 6 nitrogen and oxygen atoms in total. The molecule has 0 saturated carbocycles. The highest BCUT2D eigenvalue weighted by Gasteiger charge is 2.17. The molecule has 0 atom stereocenters. The molecule has 0 aliphatic carbocycles. The molecule has 0 unspecified atom stereocenters. The summed E-state index contributed by atoms with van der Waals surface area (Å²) in [5.41, 5.74) is 1.71. The zero-order valence-electron chi connectivity index (χ0n) is 12.0. The van der Waals surface area contributed by atoms with Crippen LogP contribution >= 0.6 is 0 Å². The number of benzene rings is 1. The molecule has 21 heavy (non-hydrogen) atoms. The molecule has 112 valence electrons. The van der Waals surface area contributed by atoms with E-state index in [9.17, 15) is 13.2 Å². The molecule has 0 amide bonds. The fraction of sp³-hybridized carbons (Fsp3) is 0.286. The SMILES string of the molecule is CC(=O)c1cccc(S(=O)(=O)NCc2c(C)noc2C)c1. The van der Waals surface area contributed by atoms with Crippen LogP contribution < -0.4 is 4.72 Å². The molecule has 0 bridgehead atoms. The molecule has 0 aliphatic heterocycles. The number of nitrogens with zero attached hydrogens (tertiary/aromatic N) is 1. The van der Waals surface area contributed by atoms with Gasteiger partial charge in [-0.15, -0.1) is 0 Å². The van der Waals surface area contributed by atoms with Gasteiger partial charge in [0.15, 0.2) is 5.78 Å². The van der Waals surface area contributed by atoms with Crippen LogP contribution in [-0.4, -0.2) is 19.4 Å². The van der Waals surface area contributed by atoms with Gasteiger partial charge in [0.25, 0.3) is 0 Å². The minimum atomic E-state index is -3.70. The minimum absolute atomic E-state index is 0.0574. The van der Waals surface area contributed by atoms with E-state index in [2.05, 4.69) is 9.88 Å². The van der Waals surface area contributed by atoms with Crippen molar-refractivity contribution in [2.24, 2.45) is 0 Å². The topological polar surface area (TPSA) is 89.3 Å². The number of ketones is 1. The van der Waals surface area contributed by atoms with E-state index >= 15 is 0 Å². The highest BCUT2D eigenvalue weighted by atomic mass is 32.2. The van der Waals surface area contributed by atoms with E-state index in [0.29, 0.717) is 22.6 Å². The minimum Gasteiger partial charge on any atom is -0.361 e. The highest BCUT2D eigenvalue weighted by molar-refractivity contribution is 7.89. The standard InChI is InChI=1S/C14H16N2O4S/c1-9-14(11(3)20-16-9)8-15-21(18,19)13-6-4-5-12(7-13)10(2)17/h4-7,15H,8H2,1-3H3. The lowest BCUT2D eigenvalue weighted by Crippen LogP contribution is -2.24. The fourth-order valence-electron chi connectivity index (χ4n) is 1.89. The van der Waals surface area contributed by atoms with Crippen molar-refractivity contribution < 1.29 is 17.7 Å². The molecule has 0 aliphatic rings. The molecular formula is C14H16N2O4S. The van der Waals surface area contributed by atoms with Crippen LogP contribution in [0.4, 0.5) is 0 Å². The van der Waals surface area contributed by atoms with Crippen molar-refractivity contribution in [3.05, 3.63) is 46.8 Å². The number of aryl methyl sites for hydroxylation is 2. The number of rotatable bonds is 5. The Kier molecular flexibility index (Phi) is 4.24. The van der Waals surface area contributed by atoms with Crippen LogP contribution in [0.2, 0.25) is 0 Å². The number of hydrogen-bond donors (Lipinski definition) is 1. The molecular weight excluding hydrogens is 292 g/mol. The van der Waals surface area contributed by atoms with Gasteiger partial charge in [-0.2, -0.15) is 0 Å². The summed E-state index contributed by atoms with van der Waals surface area (Å²) in [6.07, 6.45) is 0. The predicted molar refractivity (Wildman–Crippen MR) is 76.4 cm³/mol. The van der Waals surface area contributed by atoms with E-state index in [4.69, 9.17) is 4.52 Å². The van der Waals surface area contributed by atoms with Gasteiger partial charge in [-0.3, -0.25) is 4.79 Å². The van der Waals surface area contributed by atoms with Crippen LogP contribution in [0.15, 0.2) is 33.7 Å². The van der Waals surface area contributed by atoms with Crippen molar-refractivity contribution in [1.82, 2.24) is 9.88 Å². The summed E-state index contributed by atoms with van der Waals surface area (Å²) in [6, 6.07) is 5.93. The summed E-state index contributed by atoms with van der Waals surface area (Å²) < 4.78 is 32.0. The smallest absolute Gasteiger partial charge is 0.240 e. The molecule has 0 saturated heterocycles. The molecule has 1 aromatic heterocycles. The first-order valence-corrected chi connectivity index (χ1v) is 7.82. The quantitative estimate of drug-likeness (QED) is 0.853. The van der Waals surface area contributed by atoms with E-state index in [1.807, 2.05) is 0 Å². The monoisotopic (exact) mass is 308 g/mol. The maximum atomic E-state index is 12.3. The summed E-state index contributed by atoms with van der Waals surface area (Å²) in [4.78, 5) is 11.4. The second kappa shape index (κ2) is 5.79. The molecule has 0 spiro atoms. The Balaban J connectivity index is 2.23. The number of sulfonamides is 1. The summed E-state index contributed by atoms with van der Waals surface area (Å²) in [7, 11) is -3.70. The number of hydrogen-bond acceptors (Lipinski definition) is 5. The van der Waals surface area contributed by atoms with Crippen molar-refractivity contribution in [1.29, 1.82) is 0 Å². The van der Waals surface area contributed by atoms with Gasteiger partial charge in [0, 0.05) is 17.7 Å². The second-order valence-corrected chi connectivity index (χ2v) is 6.48. The third-order valence-electron chi connectivity index (χ3n) is 3.17. The highest BCUT2D eigenvalue weighted by Crippen LogP contribution is 2.15. The van der Waals surface area contributed by atoms with Crippen molar-refractivity contribution in [3.8, 4) is 0 Å². The molecule has 0 fully saturated rings. The summed E-state index contributed by atoms with van der Waals surface area (Å²) in [5.74, 6) is 0.394. The van der Waals surface area contributed by atoms with Crippen LogP contribution in [0.5, 0.6) is 0 Å². The van der Waals surface area contributed by atoms with Gasteiger partial charge in [-0.1, -0.05) is 17.3 Å². The number of Topliss-reactive ketones (excluding diaryl/α,β-unsaturated/α-hetero) is 1. The first-order chi connectivity index (χ1) is 9.81. The lowest BCUT2D eigenvalue weighted by molar-refractivity contribution is 0.101. The first kappa shape index (κ1) is 15.4. The van der Waals surface area contributed by atoms with Crippen LogP contribution in [-0.2, 0) is 16.6 Å². The van der Waals surface area contributed by atoms with Gasteiger partial charge in [0.1, 0.15) is 5.76 Å². The average molecular weight is 308 g/mol. The number of carbonyl (C=O) groups excluding carboxylic acids is 1. The Labute approximate surface area is 123 Å². The Morgan fingerprint density at radius 2 is 2.05 bits per heavy atom. The van der Waals surface area contributed by atoms with E-state index < -0.39 is 10.0 Å². The zero-order chi connectivity index (χ0) is 15.6.